The van der Waals surface area contributed by atoms with Crippen molar-refractivity contribution in [3.05, 3.63) is 42.4 Å². The van der Waals surface area contributed by atoms with Crippen molar-refractivity contribution in [3.63, 3.8) is 0 Å². The first-order valence-corrected chi connectivity index (χ1v) is 7.16. The zero-order valence-electron chi connectivity index (χ0n) is 10.5. The summed E-state index contributed by atoms with van der Waals surface area (Å²) in [5.41, 5.74) is 2.46. The molecular weight excluding hydrogens is 282 g/mol. The molecule has 6 heteroatoms. The van der Waals surface area contributed by atoms with Crippen LogP contribution < -0.4 is 0 Å². The molecule has 0 bridgehead atoms. The molecule has 19 heavy (non-hydrogen) atoms. The van der Waals surface area contributed by atoms with Crippen molar-refractivity contribution in [2.75, 3.05) is 5.75 Å². The fourth-order valence-corrected chi connectivity index (χ4v) is 2.62. The Hall–Kier alpha value is -1.46. The van der Waals surface area contributed by atoms with Gasteiger partial charge in [-0.05, 0) is 13.0 Å². The molecule has 0 aromatic carbocycles. The van der Waals surface area contributed by atoms with E-state index in [2.05, 4.69) is 16.8 Å². The zero-order chi connectivity index (χ0) is 13.7. The van der Waals surface area contributed by atoms with E-state index < -0.39 is 0 Å². The summed E-state index contributed by atoms with van der Waals surface area (Å²) in [6.45, 7) is 6.33. The minimum Gasteiger partial charge on any atom is -0.469 e. The zero-order valence-corrected chi connectivity index (χ0v) is 12.1. The van der Waals surface area contributed by atoms with Crippen molar-refractivity contribution >= 4 is 23.4 Å². The van der Waals surface area contributed by atoms with Crippen molar-refractivity contribution in [1.82, 2.24) is 14.8 Å². The second-order valence-corrected chi connectivity index (χ2v) is 5.01. The molecular formula is C13H14ClN3OS. The molecule has 2 rings (SSSR count). The van der Waals surface area contributed by atoms with Gasteiger partial charge in [-0.1, -0.05) is 35.5 Å². The van der Waals surface area contributed by atoms with Crippen LogP contribution in [-0.2, 0) is 6.54 Å². The number of rotatable bonds is 6. The number of hydrogen-bond donors (Lipinski definition) is 0. The molecule has 0 fully saturated rings. The van der Waals surface area contributed by atoms with Crippen LogP contribution in [0.1, 0.15) is 5.76 Å². The standard InChI is InChI=1S/C13H14ClN3OS/c1-3-7-17-12(11-5-8-18-10(11)2)15-16-13(17)19-9-4-6-14/h3-6,8H,1,7,9H2,2H3. The van der Waals surface area contributed by atoms with Gasteiger partial charge < -0.3 is 4.42 Å². The van der Waals surface area contributed by atoms with Crippen LogP contribution in [0.4, 0.5) is 0 Å². The summed E-state index contributed by atoms with van der Waals surface area (Å²) < 4.78 is 7.33. The molecule has 0 radical (unpaired) electrons. The lowest BCUT2D eigenvalue weighted by Gasteiger charge is -2.06. The highest BCUT2D eigenvalue weighted by molar-refractivity contribution is 7.99. The third-order valence-corrected chi connectivity index (χ3v) is 3.62. The van der Waals surface area contributed by atoms with Gasteiger partial charge in [-0.15, -0.1) is 16.8 Å². The lowest BCUT2D eigenvalue weighted by Crippen LogP contribution is -2.00. The lowest BCUT2D eigenvalue weighted by molar-refractivity contribution is 0.534. The van der Waals surface area contributed by atoms with Gasteiger partial charge in [0.2, 0.25) is 0 Å². The van der Waals surface area contributed by atoms with Crippen LogP contribution in [0.15, 0.2) is 46.2 Å². The maximum atomic E-state index is 5.51. The van der Waals surface area contributed by atoms with Gasteiger partial charge in [-0.3, -0.25) is 4.57 Å². The Morgan fingerprint density at radius 2 is 2.37 bits per heavy atom. The van der Waals surface area contributed by atoms with Gasteiger partial charge in [0.25, 0.3) is 0 Å². The number of aromatic nitrogens is 3. The van der Waals surface area contributed by atoms with E-state index in [1.807, 2.05) is 29.7 Å². The molecule has 0 unspecified atom stereocenters. The first-order valence-electron chi connectivity index (χ1n) is 5.74. The molecule has 0 saturated carbocycles. The summed E-state index contributed by atoms with van der Waals surface area (Å²) >= 11 is 7.09. The Morgan fingerprint density at radius 3 is 3.00 bits per heavy atom. The topological polar surface area (TPSA) is 43.9 Å². The maximum absolute atomic E-state index is 5.51. The fourth-order valence-electron chi connectivity index (χ4n) is 1.66. The molecule has 2 aromatic rings. The number of nitrogens with zero attached hydrogens (tertiary/aromatic N) is 3. The van der Waals surface area contributed by atoms with Gasteiger partial charge in [0.15, 0.2) is 11.0 Å². The van der Waals surface area contributed by atoms with Gasteiger partial charge in [0, 0.05) is 17.8 Å². The van der Waals surface area contributed by atoms with Gasteiger partial charge in [0.1, 0.15) is 5.76 Å². The van der Waals surface area contributed by atoms with E-state index in [4.69, 9.17) is 16.0 Å². The summed E-state index contributed by atoms with van der Waals surface area (Å²) in [5, 5.41) is 9.30. The number of thioether (sulfide) groups is 1. The second kappa shape index (κ2) is 6.63. The first kappa shape index (κ1) is 14.0. The van der Waals surface area contributed by atoms with Crippen LogP contribution >= 0.6 is 23.4 Å². The quantitative estimate of drug-likeness (QED) is 0.599. The molecule has 0 aliphatic heterocycles. The number of allylic oxidation sites excluding steroid dienone is 1. The summed E-state index contributed by atoms with van der Waals surface area (Å²) in [5.74, 6) is 2.38. The molecule has 0 amide bonds. The molecule has 0 spiro atoms. The van der Waals surface area contributed by atoms with Crippen LogP contribution in [0.5, 0.6) is 0 Å². The molecule has 0 aliphatic rings. The van der Waals surface area contributed by atoms with Crippen LogP contribution in [0.3, 0.4) is 0 Å². The van der Waals surface area contributed by atoms with Crippen LogP contribution in [-0.4, -0.2) is 20.5 Å². The van der Waals surface area contributed by atoms with Crippen LogP contribution in [0, 0.1) is 6.92 Å². The Bertz CT molecular complexity index is 588. The van der Waals surface area contributed by atoms with Gasteiger partial charge in [-0.25, -0.2) is 0 Å². The fraction of sp³-hybridized carbons (Fsp3) is 0.231. The summed E-state index contributed by atoms with van der Waals surface area (Å²) in [7, 11) is 0. The molecule has 0 aliphatic carbocycles. The maximum Gasteiger partial charge on any atom is 0.192 e. The van der Waals surface area contributed by atoms with Crippen LogP contribution in [0.2, 0.25) is 0 Å². The molecule has 4 nitrogen and oxygen atoms in total. The number of aryl methyl sites for hydroxylation is 1. The summed E-state index contributed by atoms with van der Waals surface area (Å²) in [4.78, 5) is 0. The van der Waals surface area contributed by atoms with E-state index in [1.165, 1.54) is 5.54 Å². The first-order chi connectivity index (χ1) is 9.27. The van der Waals surface area contributed by atoms with Crippen LogP contribution in [0.25, 0.3) is 11.4 Å². The second-order valence-electron chi connectivity index (χ2n) is 3.77. The van der Waals surface area contributed by atoms with E-state index >= 15 is 0 Å². The molecule has 2 aromatic heterocycles. The average molecular weight is 296 g/mol. The monoisotopic (exact) mass is 295 g/mol. The minimum atomic E-state index is 0.653. The minimum absolute atomic E-state index is 0.653. The van der Waals surface area contributed by atoms with E-state index in [-0.39, 0.29) is 0 Å². The highest BCUT2D eigenvalue weighted by atomic mass is 35.5. The van der Waals surface area contributed by atoms with Crippen molar-refractivity contribution < 1.29 is 4.42 Å². The van der Waals surface area contributed by atoms with E-state index in [0.717, 1.165) is 28.1 Å². The Morgan fingerprint density at radius 1 is 1.53 bits per heavy atom. The molecule has 0 saturated heterocycles. The summed E-state index contributed by atoms with van der Waals surface area (Å²) in [6.07, 6.45) is 5.34. The van der Waals surface area contributed by atoms with Crippen molar-refractivity contribution in [1.29, 1.82) is 0 Å². The predicted molar refractivity (Wildman–Crippen MR) is 78.4 cm³/mol. The Balaban J connectivity index is 2.34. The number of halogens is 1. The highest BCUT2D eigenvalue weighted by Gasteiger charge is 2.16. The van der Waals surface area contributed by atoms with Crippen molar-refractivity contribution in [2.24, 2.45) is 0 Å². The molecule has 100 valence electrons. The highest BCUT2D eigenvalue weighted by Crippen LogP contribution is 2.27. The summed E-state index contributed by atoms with van der Waals surface area (Å²) in [6, 6.07) is 1.89. The van der Waals surface area contributed by atoms with Crippen molar-refractivity contribution in [3.8, 4) is 11.4 Å². The number of furan rings is 1. The van der Waals surface area contributed by atoms with E-state index in [1.54, 1.807) is 18.0 Å². The van der Waals surface area contributed by atoms with Crippen molar-refractivity contribution in [2.45, 2.75) is 18.6 Å². The van der Waals surface area contributed by atoms with Gasteiger partial charge >= 0.3 is 0 Å². The lowest BCUT2D eigenvalue weighted by atomic mass is 10.2. The predicted octanol–water partition coefficient (Wildman–Crippen LogP) is 3.88. The Labute approximate surface area is 121 Å². The van der Waals surface area contributed by atoms with Gasteiger partial charge in [0.05, 0.1) is 11.8 Å². The van der Waals surface area contributed by atoms with Gasteiger partial charge in [-0.2, -0.15) is 0 Å². The smallest absolute Gasteiger partial charge is 0.192 e. The van der Waals surface area contributed by atoms with E-state index in [9.17, 15) is 0 Å². The molecule has 2 heterocycles. The van der Waals surface area contributed by atoms with E-state index in [0.29, 0.717) is 6.54 Å². The third kappa shape index (κ3) is 3.11. The largest absolute Gasteiger partial charge is 0.469 e. The number of hydrogen-bond acceptors (Lipinski definition) is 4. The normalized spacial score (nSPS) is 11.3. The molecule has 0 N–H and O–H groups in total. The average Bonchev–Trinajstić information content (AvgIpc) is 2.97. The SMILES string of the molecule is C=CCn1c(SCC=CCl)nnc1-c1ccoc1C. The third-order valence-electron chi connectivity index (χ3n) is 2.53. The molecule has 0 atom stereocenters. The Kier molecular flexibility index (Phi) is 4.87.